The molecule has 4 heterocycles. The average molecular weight is 1440 g/mol. The van der Waals surface area contributed by atoms with Crippen molar-refractivity contribution in [3.63, 3.8) is 0 Å². The van der Waals surface area contributed by atoms with Crippen LogP contribution in [0.3, 0.4) is 0 Å². The van der Waals surface area contributed by atoms with Crippen LogP contribution >= 0.6 is 23.5 Å². The van der Waals surface area contributed by atoms with Gasteiger partial charge in [-0.2, -0.15) is 23.5 Å². The normalized spacial score (nSPS) is 34.5. The number of aliphatic hydroxyl groups is 1. The summed E-state index contributed by atoms with van der Waals surface area (Å²) in [5, 5.41) is 58.8. The second-order valence-electron chi connectivity index (χ2n) is 28.9. The molecule has 19 N–H and O–H groups in total. The molecule has 1 aromatic carbocycles. The molecule has 8 aliphatic rings. The molecule has 4 aliphatic heterocycles. The number of carbonyl (C=O) groups excluding carboxylic acids is 10. The zero-order valence-electron chi connectivity index (χ0n) is 56.9. The largest absolute Gasteiger partial charge is 0.481 e. The molecule has 9 unspecified atom stereocenters. The van der Waals surface area contributed by atoms with Gasteiger partial charge in [0, 0.05) is 60.8 Å². The maximum absolute atomic E-state index is 15.3. The van der Waals surface area contributed by atoms with Crippen molar-refractivity contribution in [1.82, 2.24) is 69.1 Å². The zero-order valence-corrected chi connectivity index (χ0v) is 58.6. The molecule has 2 bridgehead atoms. The van der Waals surface area contributed by atoms with Crippen LogP contribution in [0.5, 0.6) is 0 Å². The molecule has 4 saturated carbocycles. The van der Waals surface area contributed by atoms with E-state index in [0.717, 1.165) is 11.1 Å². The molecule has 28 nitrogen and oxygen atoms in total. The number of carboxylic acid groups (broad SMARTS) is 1. The highest BCUT2D eigenvalue weighted by Gasteiger charge is 2.49. The second-order valence-corrected chi connectivity index (χ2v) is 31.1. The van der Waals surface area contributed by atoms with Crippen LogP contribution in [-0.4, -0.2) is 211 Å². The fourth-order valence-corrected chi connectivity index (χ4v) is 17.7. The number of nitrogens with two attached hydrogens (primary N) is 2. The maximum atomic E-state index is 15.3. The Labute approximate surface area is 591 Å². The Hall–Kier alpha value is -6.29. The van der Waals surface area contributed by atoms with Crippen molar-refractivity contribution in [2.45, 2.75) is 237 Å². The van der Waals surface area contributed by atoms with Crippen LogP contribution in [-0.2, 0) is 64.2 Å². The van der Waals surface area contributed by atoms with Crippen molar-refractivity contribution in [2.24, 2.45) is 41.1 Å². The highest BCUT2D eigenvalue weighted by atomic mass is 32.2. The predicted octanol–water partition coefficient (Wildman–Crippen LogP) is -0.723. The molecule has 0 aromatic heterocycles. The van der Waals surface area contributed by atoms with Crippen LogP contribution in [0.15, 0.2) is 24.3 Å². The lowest BCUT2D eigenvalue weighted by Crippen LogP contribution is -2.67. The van der Waals surface area contributed by atoms with Crippen molar-refractivity contribution in [2.75, 3.05) is 50.9 Å². The number of aliphatic carboxylic acids is 1. The molecule has 1 spiro atoms. The number of nitrogens with one attached hydrogen (secondary N) is 13. The predicted molar refractivity (Wildman–Crippen MR) is 370 cm³/mol. The fourth-order valence-electron chi connectivity index (χ4n) is 15.8. The molecule has 9 rings (SSSR count). The third-order valence-corrected chi connectivity index (χ3v) is 23.7. The van der Waals surface area contributed by atoms with E-state index in [9.17, 15) is 48.6 Å². The summed E-state index contributed by atoms with van der Waals surface area (Å²) < 4.78 is 30.4. The van der Waals surface area contributed by atoms with Gasteiger partial charge in [-0.05, 0) is 189 Å². The minimum Gasteiger partial charge on any atom is -0.481 e. The van der Waals surface area contributed by atoms with Gasteiger partial charge in [0.15, 0.2) is 0 Å². The summed E-state index contributed by atoms with van der Waals surface area (Å²) in [6, 6.07) is -2.79. The van der Waals surface area contributed by atoms with Crippen molar-refractivity contribution < 1.29 is 71.7 Å². The van der Waals surface area contributed by atoms with Gasteiger partial charge < -0.3 is 90.8 Å². The third-order valence-electron chi connectivity index (χ3n) is 21.6. The first-order valence-electron chi connectivity index (χ1n) is 36.0. The highest BCUT2D eigenvalue weighted by molar-refractivity contribution is 7.98. The van der Waals surface area contributed by atoms with Gasteiger partial charge in [0.05, 0.1) is 19.1 Å². The highest BCUT2D eigenvalue weighted by Crippen LogP contribution is 2.40. The number of benzene rings is 1. The molecule has 100 heavy (non-hydrogen) atoms. The molecular formula is C68H105F2N15O13S2. The maximum Gasteiger partial charge on any atom is 0.305 e. The van der Waals surface area contributed by atoms with Gasteiger partial charge >= 0.3 is 5.97 Å². The van der Waals surface area contributed by atoms with Crippen molar-refractivity contribution in [3.05, 3.63) is 35.4 Å². The quantitative estimate of drug-likeness (QED) is 0.0963. The van der Waals surface area contributed by atoms with E-state index in [1.165, 1.54) is 23.5 Å². The number of fused-ring (bicyclic) bond motifs is 4. The molecule has 10 amide bonds. The number of aliphatic hydroxyl groups excluding tert-OH is 1. The number of carboxylic acids is 1. The van der Waals surface area contributed by atoms with Gasteiger partial charge in [0.25, 0.3) is 0 Å². The molecule has 7 fully saturated rings. The number of alkyl halides is 2. The van der Waals surface area contributed by atoms with Crippen LogP contribution in [0.2, 0.25) is 0 Å². The number of rotatable bonds is 15. The third kappa shape index (κ3) is 22.6. The number of unbranched alkanes of at least 4 members (excludes halogenated alkanes) is 1. The molecular weight excluding hydrogens is 1340 g/mol. The van der Waals surface area contributed by atoms with Gasteiger partial charge in [-0.25, -0.2) is 8.78 Å². The Morgan fingerprint density at radius 2 is 1.18 bits per heavy atom. The number of carbonyl (C=O) groups is 11. The van der Waals surface area contributed by atoms with E-state index in [1.54, 1.807) is 0 Å². The summed E-state index contributed by atoms with van der Waals surface area (Å²) in [5.74, 6) is -9.48. The number of thioether (sulfide) groups is 2. The minimum atomic E-state index is -1.91. The number of halogens is 2. The SMILES string of the molecule is NCCCC[C@@H]1NC(=O)CCSCc2cccc(c2)CSC[C@@H](C(N)=O)NC(=O)C2(CCC2)NC(=O)[C@H](CC2CCC(O)CC2)NC(=O)[C@H](CC2CNCN2)NC(=O)[C@H](CC(=O)O)NC(=O)[C@H](CC2CNC3CCC(F)CC23)NC(=O)[C@H](CC2CNC3CCC(F)CC23)NC(=O)CNC1=O. The lowest BCUT2D eigenvalue weighted by Gasteiger charge is -2.42. The summed E-state index contributed by atoms with van der Waals surface area (Å²) in [7, 11) is 0. The topological polar surface area (TPSA) is 437 Å². The Morgan fingerprint density at radius 1 is 0.610 bits per heavy atom. The first-order chi connectivity index (χ1) is 48.0. The zero-order chi connectivity index (χ0) is 71.5. The van der Waals surface area contributed by atoms with E-state index < -0.39 is 156 Å². The van der Waals surface area contributed by atoms with E-state index in [0.29, 0.717) is 121 Å². The Balaban J connectivity index is 1.02. The van der Waals surface area contributed by atoms with Gasteiger partial charge in [-0.3, -0.25) is 52.7 Å². The van der Waals surface area contributed by atoms with Crippen LogP contribution in [0.1, 0.15) is 152 Å². The molecule has 0 radical (unpaired) electrons. The van der Waals surface area contributed by atoms with Crippen molar-refractivity contribution in [1.29, 1.82) is 0 Å². The van der Waals surface area contributed by atoms with Crippen LogP contribution in [0, 0.1) is 29.6 Å². The van der Waals surface area contributed by atoms with E-state index in [-0.39, 0.29) is 106 Å². The Bertz CT molecular complexity index is 3020. The van der Waals surface area contributed by atoms with Crippen LogP contribution in [0.4, 0.5) is 8.78 Å². The van der Waals surface area contributed by atoms with E-state index >= 15 is 23.2 Å². The van der Waals surface area contributed by atoms with E-state index in [1.807, 2.05) is 24.3 Å². The molecule has 556 valence electrons. The summed E-state index contributed by atoms with van der Waals surface area (Å²) >= 11 is 2.85. The fraction of sp³-hybridized carbons (Fsp3) is 0.750. The summed E-state index contributed by atoms with van der Waals surface area (Å²) in [6.07, 6.45) is 2.10. The van der Waals surface area contributed by atoms with Gasteiger partial charge in [-0.15, -0.1) is 0 Å². The monoisotopic (exact) mass is 1440 g/mol. The lowest BCUT2D eigenvalue weighted by molar-refractivity contribution is -0.142. The first kappa shape index (κ1) is 77.9. The molecule has 1 aromatic rings. The molecule has 32 heteroatoms. The van der Waals surface area contributed by atoms with Gasteiger partial charge in [0.1, 0.15) is 60.2 Å². The van der Waals surface area contributed by atoms with Crippen molar-refractivity contribution >= 4 is 88.6 Å². The first-order valence-corrected chi connectivity index (χ1v) is 38.3. The lowest BCUT2D eigenvalue weighted by atomic mass is 9.75. The second kappa shape index (κ2) is 37.8. The average Bonchev–Trinajstić information content (AvgIpc) is 1.06. The van der Waals surface area contributed by atoms with Gasteiger partial charge in [-0.1, -0.05) is 24.3 Å². The number of primary amides is 1. The molecule has 16 atom stereocenters. The summed E-state index contributed by atoms with van der Waals surface area (Å²) in [5.41, 5.74) is 12.1. The number of hydrogen-bond donors (Lipinski definition) is 17. The van der Waals surface area contributed by atoms with Crippen molar-refractivity contribution in [3.8, 4) is 0 Å². The van der Waals surface area contributed by atoms with E-state index in [2.05, 4.69) is 69.1 Å². The Morgan fingerprint density at radius 3 is 1.75 bits per heavy atom. The number of amides is 10. The smallest absolute Gasteiger partial charge is 0.305 e. The van der Waals surface area contributed by atoms with Gasteiger partial charge in [0.2, 0.25) is 59.1 Å². The molecule has 3 saturated heterocycles. The summed E-state index contributed by atoms with van der Waals surface area (Å²) in [6.45, 7) is 1.04. The van der Waals surface area contributed by atoms with E-state index in [4.69, 9.17) is 11.5 Å². The van der Waals surface area contributed by atoms with Crippen LogP contribution in [0.25, 0.3) is 0 Å². The number of hydrogen-bond acceptors (Lipinski definition) is 19. The Kier molecular flexibility index (Phi) is 29.4. The van der Waals surface area contributed by atoms with Crippen LogP contribution < -0.4 is 80.6 Å². The minimum absolute atomic E-state index is 0.0427. The molecule has 4 aliphatic carbocycles. The summed E-state index contributed by atoms with van der Waals surface area (Å²) in [4.78, 5) is 157. The standard InChI is InChI=1S/C68H105F2N15O13S2/c69-42-10-14-48-46(25-42)40(29-74-48)23-52-62(93)81-53(24-41-30-75-49-15-11-43(70)26-47(41)49)63(94)83-55(28-59(89)90)65(96)82-54(27-44-31-73-36-77-44)64(95)80-51(22-37-8-12-45(86)13-9-37)66(97)85-68(17-4-18-68)67(98)84-56(60(72)91)35-100-34-39-6-3-5-38(21-39)33-99-20-16-57(87)78-50(7-1-2-19-71)61(92)76-32-58(88)79-52/h3,5-6,21,37,40-56,73-75,77,86H,1-2,4,7-20,22-36,71H2,(H2,72,91)(H,76,92)(H,78,87)(H,79,88)(H,80,95)(H,81,93)(H,82,96)(H,83,94)(H,84,98)(H,85,97)(H,89,90)/t37?,40?,41?,42?,43?,44?,45?,46?,47?,48?,49?,50-,51-,52-,53-,54-,55-,56-/m0/s1.